The molecule has 0 aliphatic rings. The van der Waals surface area contributed by atoms with E-state index in [9.17, 15) is 9.59 Å². The Morgan fingerprint density at radius 2 is 1.94 bits per heavy atom. The number of hydrogen-bond donors (Lipinski definition) is 1. The van der Waals surface area contributed by atoms with Crippen molar-refractivity contribution < 1.29 is 14.3 Å². The third-order valence-electron chi connectivity index (χ3n) is 2.25. The molecule has 5 nitrogen and oxygen atoms in total. The molecule has 2 amide bonds. The Kier molecular flexibility index (Phi) is 5.00. The lowest BCUT2D eigenvalue weighted by Crippen LogP contribution is -2.40. The number of carbonyl (C=O) groups is 2. The smallest absolute Gasteiger partial charge is 0.407 e. The average molecular weight is 236 g/mol. The molecule has 0 aliphatic carbocycles. The lowest BCUT2D eigenvalue weighted by atomic mass is 10.3. The summed E-state index contributed by atoms with van der Waals surface area (Å²) in [6.07, 6.45) is -0.609. The summed E-state index contributed by atoms with van der Waals surface area (Å²) in [4.78, 5) is 24.3. The van der Waals surface area contributed by atoms with E-state index in [4.69, 9.17) is 0 Å². The highest BCUT2D eigenvalue weighted by atomic mass is 16.5. The van der Waals surface area contributed by atoms with Crippen LogP contribution in [0.4, 0.5) is 10.5 Å². The van der Waals surface area contributed by atoms with Crippen molar-refractivity contribution in [2.75, 3.05) is 25.1 Å². The molecule has 0 heterocycles. The van der Waals surface area contributed by atoms with E-state index in [0.717, 1.165) is 5.69 Å². The molecular formula is C12H16N2O3. The number of anilines is 1. The lowest BCUT2D eigenvalue weighted by molar-refractivity contribution is -0.117. The number of carbonyl (C=O) groups excluding carboxylic acids is 2. The second kappa shape index (κ2) is 6.52. The first-order valence-corrected chi connectivity index (χ1v) is 5.36. The van der Waals surface area contributed by atoms with Gasteiger partial charge >= 0.3 is 6.09 Å². The van der Waals surface area contributed by atoms with Crippen molar-refractivity contribution in [1.29, 1.82) is 0 Å². The zero-order valence-corrected chi connectivity index (χ0v) is 9.97. The fourth-order valence-corrected chi connectivity index (χ4v) is 1.43. The van der Waals surface area contributed by atoms with Gasteiger partial charge in [0.15, 0.2) is 0 Å². The van der Waals surface area contributed by atoms with E-state index in [1.807, 2.05) is 37.3 Å². The average Bonchev–Trinajstić information content (AvgIpc) is 2.38. The van der Waals surface area contributed by atoms with Crippen LogP contribution in [0.3, 0.4) is 0 Å². The number of benzene rings is 1. The molecule has 5 heteroatoms. The molecule has 17 heavy (non-hydrogen) atoms. The molecule has 0 unspecified atom stereocenters. The summed E-state index contributed by atoms with van der Waals surface area (Å²) in [5.74, 6) is -0.177. The van der Waals surface area contributed by atoms with Crippen LogP contribution in [0.2, 0.25) is 0 Å². The Morgan fingerprint density at radius 1 is 1.29 bits per heavy atom. The van der Waals surface area contributed by atoms with Gasteiger partial charge < -0.3 is 15.0 Å². The second-order valence-corrected chi connectivity index (χ2v) is 3.32. The van der Waals surface area contributed by atoms with Gasteiger partial charge in [0.05, 0.1) is 7.11 Å². The Morgan fingerprint density at radius 3 is 2.47 bits per heavy atom. The van der Waals surface area contributed by atoms with Crippen LogP contribution in [0.25, 0.3) is 0 Å². The van der Waals surface area contributed by atoms with Crippen molar-refractivity contribution >= 4 is 17.7 Å². The zero-order valence-electron chi connectivity index (χ0n) is 9.97. The molecule has 0 saturated carbocycles. The van der Waals surface area contributed by atoms with Crippen LogP contribution in [0.15, 0.2) is 30.3 Å². The molecule has 1 aromatic rings. The van der Waals surface area contributed by atoms with Gasteiger partial charge in [-0.25, -0.2) is 4.79 Å². The summed E-state index contributed by atoms with van der Waals surface area (Å²) in [5.41, 5.74) is 0.812. The van der Waals surface area contributed by atoms with Crippen LogP contribution >= 0.6 is 0 Å². The highest BCUT2D eigenvalue weighted by molar-refractivity contribution is 5.96. The Hall–Kier alpha value is -2.04. The molecule has 0 aliphatic heterocycles. The van der Waals surface area contributed by atoms with Crippen molar-refractivity contribution in [3.63, 3.8) is 0 Å². The Bertz CT molecular complexity index is 379. The van der Waals surface area contributed by atoms with Crippen LogP contribution < -0.4 is 10.2 Å². The van der Waals surface area contributed by atoms with Gasteiger partial charge in [-0.1, -0.05) is 18.2 Å². The number of methoxy groups -OCH3 is 1. The predicted octanol–water partition coefficient (Wildman–Crippen LogP) is 1.40. The molecule has 1 rings (SSSR count). The first kappa shape index (κ1) is 13.0. The van der Waals surface area contributed by atoms with Gasteiger partial charge in [-0.15, -0.1) is 0 Å². The van der Waals surface area contributed by atoms with Crippen molar-refractivity contribution in [3.05, 3.63) is 30.3 Å². The van der Waals surface area contributed by atoms with Gasteiger partial charge in [-0.3, -0.25) is 4.79 Å². The number of alkyl carbamates (subject to hydrolysis) is 1. The van der Waals surface area contributed by atoms with E-state index in [2.05, 4.69) is 10.1 Å². The van der Waals surface area contributed by atoms with Gasteiger partial charge in [0.25, 0.3) is 0 Å². The van der Waals surface area contributed by atoms with Gasteiger partial charge in [-0.2, -0.15) is 0 Å². The minimum Gasteiger partial charge on any atom is -0.453 e. The summed E-state index contributed by atoms with van der Waals surface area (Å²) in [5, 5.41) is 2.36. The number of hydrogen-bond acceptors (Lipinski definition) is 3. The Balaban J connectivity index is 2.62. The second-order valence-electron chi connectivity index (χ2n) is 3.32. The highest BCUT2D eigenvalue weighted by Crippen LogP contribution is 2.12. The first-order chi connectivity index (χ1) is 8.19. The highest BCUT2D eigenvalue weighted by Gasteiger charge is 2.14. The predicted molar refractivity (Wildman–Crippen MR) is 64.9 cm³/mol. The van der Waals surface area contributed by atoms with Gasteiger partial charge in [-0.05, 0) is 19.1 Å². The van der Waals surface area contributed by atoms with Crippen molar-refractivity contribution in [3.8, 4) is 0 Å². The van der Waals surface area contributed by atoms with Crippen LogP contribution in [-0.2, 0) is 9.53 Å². The molecule has 0 spiro atoms. The molecule has 92 valence electrons. The normalized spacial score (nSPS) is 9.53. The van der Waals surface area contributed by atoms with E-state index < -0.39 is 6.09 Å². The van der Waals surface area contributed by atoms with Gasteiger partial charge in [0.1, 0.15) is 6.54 Å². The molecule has 0 saturated heterocycles. The molecule has 0 fully saturated rings. The van der Waals surface area contributed by atoms with Gasteiger partial charge in [0.2, 0.25) is 5.91 Å². The molecule has 1 aromatic carbocycles. The zero-order chi connectivity index (χ0) is 12.7. The summed E-state index contributed by atoms with van der Waals surface area (Å²) >= 11 is 0. The van der Waals surface area contributed by atoms with E-state index >= 15 is 0 Å². The minimum absolute atomic E-state index is 0.0740. The number of rotatable bonds is 4. The summed E-state index contributed by atoms with van der Waals surface area (Å²) in [7, 11) is 1.26. The number of likely N-dealkylation sites (N-methyl/N-ethyl adjacent to an activating group) is 1. The first-order valence-electron chi connectivity index (χ1n) is 5.36. The van der Waals surface area contributed by atoms with E-state index in [1.165, 1.54) is 7.11 Å². The van der Waals surface area contributed by atoms with Crippen LogP contribution in [0.1, 0.15) is 6.92 Å². The molecule has 0 bridgehead atoms. The maximum atomic E-state index is 11.9. The third-order valence-corrected chi connectivity index (χ3v) is 2.25. The largest absolute Gasteiger partial charge is 0.453 e. The van der Waals surface area contributed by atoms with Crippen molar-refractivity contribution in [2.45, 2.75) is 6.92 Å². The summed E-state index contributed by atoms with van der Waals surface area (Å²) in [6, 6.07) is 9.30. The maximum Gasteiger partial charge on any atom is 0.407 e. The summed E-state index contributed by atoms with van der Waals surface area (Å²) < 4.78 is 4.40. The third kappa shape index (κ3) is 3.79. The summed E-state index contributed by atoms with van der Waals surface area (Å²) in [6.45, 7) is 2.35. The molecular weight excluding hydrogens is 220 g/mol. The number of nitrogens with one attached hydrogen (secondary N) is 1. The number of para-hydroxylation sites is 1. The Labute approximate surface area is 100 Å². The van der Waals surface area contributed by atoms with E-state index in [-0.39, 0.29) is 12.5 Å². The topological polar surface area (TPSA) is 58.6 Å². The van der Waals surface area contributed by atoms with Crippen LogP contribution in [-0.4, -0.2) is 32.2 Å². The molecule has 0 atom stereocenters. The lowest BCUT2D eigenvalue weighted by Gasteiger charge is -2.20. The van der Waals surface area contributed by atoms with Crippen molar-refractivity contribution in [1.82, 2.24) is 5.32 Å². The quantitative estimate of drug-likeness (QED) is 0.859. The van der Waals surface area contributed by atoms with Crippen molar-refractivity contribution in [2.24, 2.45) is 0 Å². The number of ether oxygens (including phenoxy) is 1. The fourth-order valence-electron chi connectivity index (χ4n) is 1.43. The fraction of sp³-hybridized carbons (Fsp3) is 0.333. The standard InChI is InChI=1S/C12H16N2O3/c1-3-14(10-7-5-4-6-8-10)11(15)9-13-12(16)17-2/h4-8H,3,9H2,1-2H3,(H,13,16). The maximum absolute atomic E-state index is 11.9. The van der Waals surface area contributed by atoms with Crippen LogP contribution in [0.5, 0.6) is 0 Å². The van der Waals surface area contributed by atoms with Crippen LogP contribution in [0, 0.1) is 0 Å². The number of amides is 2. The monoisotopic (exact) mass is 236 g/mol. The van der Waals surface area contributed by atoms with Gasteiger partial charge in [0, 0.05) is 12.2 Å². The molecule has 0 radical (unpaired) electrons. The molecule has 1 N–H and O–H groups in total. The minimum atomic E-state index is -0.609. The number of nitrogens with zero attached hydrogens (tertiary/aromatic N) is 1. The SMILES string of the molecule is CCN(C(=O)CNC(=O)OC)c1ccccc1. The van der Waals surface area contributed by atoms with E-state index in [0.29, 0.717) is 6.54 Å². The van der Waals surface area contributed by atoms with E-state index in [1.54, 1.807) is 4.90 Å². The molecule has 0 aromatic heterocycles.